The second-order valence-electron chi connectivity index (χ2n) is 9.43. The van der Waals surface area contributed by atoms with Crippen molar-refractivity contribution in [1.82, 2.24) is 19.7 Å². The van der Waals surface area contributed by atoms with E-state index in [1.54, 1.807) is 16.7 Å². The van der Waals surface area contributed by atoms with E-state index in [1.807, 2.05) is 43.7 Å². The van der Waals surface area contributed by atoms with E-state index in [0.717, 1.165) is 12.8 Å². The van der Waals surface area contributed by atoms with Crippen molar-refractivity contribution in [2.75, 3.05) is 32.8 Å². The largest absolute Gasteiger partial charge is 0.450 e. The van der Waals surface area contributed by atoms with Gasteiger partial charge in [0.05, 0.1) is 6.61 Å². The third-order valence-electron chi connectivity index (χ3n) is 5.88. The second-order valence-corrected chi connectivity index (χ2v) is 9.43. The van der Waals surface area contributed by atoms with Crippen LogP contribution in [-0.4, -0.2) is 76.9 Å². The average molecular weight is 449 g/mol. The molecule has 1 N–H and O–H groups in total. The summed E-state index contributed by atoms with van der Waals surface area (Å²) in [7, 11) is 0. The lowest BCUT2D eigenvalue weighted by Crippen LogP contribution is -2.47. The first kappa shape index (κ1) is 23.9. The Balaban J connectivity index is 1.51. The van der Waals surface area contributed by atoms with Crippen LogP contribution in [0.3, 0.4) is 0 Å². The minimum atomic E-state index is -0.508. The maximum atomic E-state index is 13.0. The summed E-state index contributed by atoms with van der Waals surface area (Å²) in [6, 6.07) is 3.92. The third kappa shape index (κ3) is 6.17. The molecule has 1 aromatic rings. The number of ether oxygens (including phenoxy) is 2. The van der Waals surface area contributed by atoms with Crippen LogP contribution in [0.1, 0.15) is 69.9 Å². The molecule has 32 heavy (non-hydrogen) atoms. The molecular formula is C23H36N4O5. The van der Waals surface area contributed by atoms with Crippen LogP contribution in [0.15, 0.2) is 18.3 Å². The first-order chi connectivity index (χ1) is 15.2. The molecule has 3 heterocycles. The van der Waals surface area contributed by atoms with Crippen LogP contribution in [0.2, 0.25) is 0 Å². The minimum absolute atomic E-state index is 0.0329. The molecule has 0 atom stereocenters. The van der Waals surface area contributed by atoms with Crippen LogP contribution in [0, 0.1) is 0 Å². The predicted molar refractivity (Wildman–Crippen MR) is 120 cm³/mol. The smallest absolute Gasteiger partial charge is 0.410 e. The normalized spacial score (nSPS) is 18.4. The quantitative estimate of drug-likeness (QED) is 0.762. The molecule has 0 spiro atoms. The number of likely N-dealkylation sites (tertiary alicyclic amines) is 2. The van der Waals surface area contributed by atoms with Crippen LogP contribution in [0.5, 0.6) is 0 Å². The van der Waals surface area contributed by atoms with Gasteiger partial charge in [-0.15, -0.1) is 0 Å². The molecule has 0 aliphatic carbocycles. The number of hydrogen-bond donors (Lipinski definition) is 1. The van der Waals surface area contributed by atoms with Gasteiger partial charge in [0.25, 0.3) is 5.91 Å². The molecule has 0 radical (unpaired) electrons. The van der Waals surface area contributed by atoms with Crippen LogP contribution >= 0.6 is 0 Å². The van der Waals surface area contributed by atoms with Crippen molar-refractivity contribution in [2.45, 2.75) is 71.1 Å². The first-order valence-corrected chi connectivity index (χ1v) is 11.5. The molecule has 9 heteroatoms. The fourth-order valence-electron chi connectivity index (χ4n) is 4.24. The summed E-state index contributed by atoms with van der Waals surface area (Å²) in [4.78, 5) is 40.5. The number of aromatic nitrogens is 1. The highest BCUT2D eigenvalue weighted by molar-refractivity contribution is 5.93. The van der Waals surface area contributed by atoms with Crippen molar-refractivity contribution in [2.24, 2.45) is 0 Å². The molecule has 0 bridgehead atoms. The SMILES string of the molecule is CCOC(=O)N1CCC(NC(=O)c2cccn2C2CCN(C(=O)OC(C)(C)C)CC2)CC1. The summed E-state index contributed by atoms with van der Waals surface area (Å²) in [6.45, 7) is 10.1. The van der Waals surface area contributed by atoms with Crippen molar-refractivity contribution in [1.29, 1.82) is 0 Å². The Labute approximate surface area is 190 Å². The van der Waals surface area contributed by atoms with Gasteiger partial charge in [0.2, 0.25) is 0 Å². The average Bonchev–Trinajstić information content (AvgIpc) is 3.23. The van der Waals surface area contributed by atoms with Crippen LogP contribution in [0.25, 0.3) is 0 Å². The second kappa shape index (κ2) is 10.3. The molecule has 2 saturated heterocycles. The molecule has 3 rings (SSSR count). The summed E-state index contributed by atoms with van der Waals surface area (Å²) < 4.78 is 12.5. The van der Waals surface area contributed by atoms with Gasteiger partial charge in [0.15, 0.2) is 0 Å². The number of carbonyl (C=O) groups is 3. The van der Waals surface area contributed by atoms with Gasteiger partial charge in [-0.05, 0) is 65.5 Å². The lowest BCUT2D eigenvalue weighted by Gasteiger charge is -2.35. The standard InChI is InChI=1S/C23H36N4O5/c1-5-31-21(29)25-13-8-17(9-14-25)24-20(28)19-7-6-12-27(19)18-10-15-26(16-11-18)22(30)32-23(2,3)4/h6-7,12,17-18H,5,8-11,13-16H2,1-4H3,(H,24,28). The van der Waals surface area contributed by atoms with Gasteiger partial charge in [-0.1, -0.05) is 0 Å². The Morgan fingerprint density at radius 2 is 1.59 bits per heavy atom. The van der Waals surface area contributed by atoms with Gasteiger partial charge in [-0.3, -0.25) is 4.79 Å². The molecule has 178 valence electrons. The van der Waals surface area contributed by atoms with Gasteiger partial charge in [0.1, 0.15) is 11.3 Å². The fourth-order valence-corrected chi connectivity index (χ4v) is 4.24. The molecule has 2 fully saturated rings. The van der Waals surface area contributed by atoms with Gasteiger partial charge in [0, 0.05) is 44.5 Å². The Morgan fingerprint density at radius 1 is 1.00 bits per heavy atom. The molecular weight excluding hydrogens is 412 g/mol. The summed E-state index contributed by atoms with van der Waals surface area (Å²) in [5.74, 6) is -0.0980. The number of nitrogens with one attached hydrogen (secondary N) is 1. The van der Waals surface area contributed by atoms with E-state index in [-0.39, 0.29) is 30.2 Å². The van der Waals surface area contributed by atoms with Crippen molar-refractivity contribution in [3.63, 3.8) is 0 Å². The Hall–Kier alpha value is -2.71. The molecule has 0 saturated carbocycles. The minimum Gasteiger partial charge on any atom is -0.450 e. The van der Waals surface area contributed by atoms with Crippen LogP contribution in [-0.2, 0) is 9.47 Å². The van der Waals surface area contributed by atoms with Gasteiger partial charge < -0.3 is 29.2 Å². The maximum absolute atomic E-state index is 13.0. The molecule has 1 aromatic heterocycles. The summed E-state index contributed by atoms with van der Waals surface area (Å²) in [6.07, 6.45) is 4.32. The first-order valence-electron chi connectivity index (χ1n) is 11.5. The van der Waals surface area contributed by atoms with Crippen molar-refractivity contribution < 1.29 is 23.9 Å². The summed E-state index contributed by atoms with van der Waals surface area (Å²) in [5, 5.41) is 3.12. The van der Waals surface area contributed by atoms with E-state index >= 15 is 0 Å². The summed E-state index contributed by atoms with van der Waals surface area (Å²) >= 11 is 0. The Bertz CT molecular complexity index is 800. The zero-order valence-electron chi connectivity index (χ0n) is 19.6. The van der Waals surface area contributed by atoms with Crippen molar-refractivity contribution in [3.8, 4) is 0 Å². The lowest BCUT2D eigenvalue weighted by atomic mass is 10.0. The zero-order chi connectivity index (χ0) is 23.3. The van der Waals surface area contributed by atoms with Gasteiger partial charge in [-0.25, -0.2) is 9.59 Å². The molecule has 9 nitrogen and oxygen atoms in total. The monoisotopic (exact) mass is 448 g/mol. The van der Waals surface area contributed by atoms with Crippen molar-refractivity contribution >= 4 is 18.1 Å². The summed E-state index contributed by atoms with van der Waals surface area (Å²) in [5.41, 5.74) is 0.125. The lowest BCUT2D eigenvalue weighted by molar-refractivity contribution is 0.0187. The van der Waals surface area contributed by atoms with Crippen LogP contribution in [0.4, 0.5) is 9.59 Å². The van der Waals surface area contributed by atoms with E-state index in [9.17, 15) is 14.4 Å². The Morgan fingerprint density at radius 3 is 2.19 bits per heavy atom. The van der Waals surface area contributed by atoms with Gasteiger partial charge >= 0.3 is 12.2 Å². The number of amides is 3. The zero-order valence-corrected chi connectivity index (χ0v) is 19.6. The number of hydrogen-bond acceptors (Lipinski definition) is 5. The Kier molecular flexibility index (Phi) is 7.69. The number of nitrogens with zero attached hydrogens (tertiary/aromatic N) is 3. The third-order valence-corrected chi connectivity index (χ3v) is 5.88. The van der Waals surface area contributed by atoms with Crippen LogP contribution < -0.4 is 5.32 Å². The van der Waals surface area contributed by atoms with E-state index in [2.05, 4.69) is 5.32 Å². The molecule has 3 amide bonds. The highest BCUT2D eigenvalue weighted by Gasteiger charge is 2.30. The fraction of sp³-hybridized carbons (Fsp3) is 0.696. The highest BCUT2D eigenvalue weighted by atomic mass is 16.6. The molecule has 2 aliphatic rings. The highest BCUT2D eigenvalue weighted by Crippen LogP contribution is 2.26. The molecule has 0 aromatic carbocycles. The maximum Gasteiger partial charge on any atom is 0.410 e. The number of rotatable bonds is 4. The van der Waals surface area contributed by atoms with E-state index in [0.29, 0.717) is 51.3 Å². The number of carbonyl (C=O) groups excluding carboxylic acids is 3. The molecule has 2 aliphatic heterocycles. The van der Waals surface area contributed by atoms with E-state index in [1.165, 1.54) is 0 Å². The molecule has 0 unspecified atom stereocenters. The van der Waals surface area contributed by atoms with Crippen molar-refractivity contribution in [3.05, 3.63) is 24.0 Å². The van der Waals surface area contributed by atoms with E-state index in [4.69, 9.17) is 9.47 Å². The number of piperidine rings is 2. The predicted octanol–water partition coefficient (Wildman–Crippen LogP) is 3.41. The van der Waals surface area contributed by atoms with E-state index < -0.39 is 5.60 Å². The topological polar surface area (TPSA) is 93.1 Å². The van der Waals surface area contributed by atoms with Gasteiger partial charge in [-0.2, -0.15) is 0 Å².